The van der Waals surface area contributed by atoms with E-state index >= 15 is 0 Å². The largest absolute Gasteiger partial charge is 0.496 e. The Morgan fingerprint density at radius 3 is 2.30 bits per heavy atom. The first kappa shape index (κ1) is 39.1. The summed E-state index contributed by atoms with van der Waals surface area (Å²) in [7, 11) is 1.66. The van der Waals surface area contributed by atoms with Gasteiger partial charge < -0.3 is 43.7 Å². The lowest BCUT2D eigenvalue weighted by Crippen LogP contribution is -2.47. The molecule has 2 unspecified atom stereocenters. The van der Waals surface area contributed by atoms with Crippen LogP contribution < -0.4 is 19.5 Å². The van der Waals surface area contributed by atoms with Gasteiger partial charge in [-0.15, -0.1) is 0 Å². The summed E-state index contributed by atoms with van der Waals surface area (Å²) in [6.07, 6.45) is 1.50. The number of aryl methyl sites for hydroxylation is 1. The summed E-state index contributed by atoms with van der Waals surface area (Å²) in [5, 5.41) is 11.3. The number of aliphatic hydroxyl groups excluding tert-OH is 1. The standard InChI is InChI=1S/C42H50N2O9/c1-48-38-14-7-6-13-35(38)30-49-24-9-25-50-36-19-16-33(17-20-36)37-22-23-44(42(47)53-29-32-10-3-2-4-11-32)28-40(37)52-27-26-51-39-15-8-5-12-34(39)18-21-41(46)43-31-45/h2-8,10-17,19-20,37,40,45H,9,18,21-31H2,1H3,(H,43,46). The first-order chi connectivity index (χ1) is 26.0. The Morgan fingerprint density at radius 2 is 1.53 bits per heavy atom. The van der Waals surface area contributed by atoms with Gasteiger partial charge >= 0.3 is 6.09 Å². The number of aliphatic hydroxyl groups is 1. The number of carbonyl (C=O) groups is 2. The Bertz CT molecular complexity index is 1690. The van der Waals surface area contributed by atoms with Crippen molar-refractivity contribution in [2.45, 2.75) is 50.9 Å². The van der Waals surface area contributed by atoms with E-state index in [-0.39, 0.29) is 50.4 Å². The summed E-state index contributed by atoms with van der Waals surface area (Å²) in [4.78, 5) is 26.7. The van der Waals surface area contributed by atoms with E-state index < -0.39 is 0 Å². The molecule has 0 spiro atoms. The number of likely N-dealkylation sites (tertiary alicyclic amines) is 1. The SMILES string of the molecule is COc1ccccc1COCCCOc1ccc(C2CCN(C(=O)OCc3ccccc3)CC2OCCOc2ccccc2CCC(=O)NCO)cc1. The van der Waals surface area contributed by atoms with Gasteiger partial charge in [0.2, 0.25) is 5.91 Å². The molecule has 4 aromatic carbocycles. The predicted octanol–water partition coefficient (Wildman–Crippen LogP) is 6.27. The van der Waals surface area contributed by atoms with Gasteiger partial charge in [-0.05, 0) is 53.8 Å². The fraction of sp³-hybridized carbons (Fsp3) is 0.381. The van der Waals surface area contributed by atoms with E-state index in [2.05, 4.69) is 17.4 Å². The lowest BCUT2D eigenvalue weighted by atomic mass is 9.87. The molecule has 5 rings (SSSR count). The number of nitrogens with zero attached hydrogens (tertiary/aromatic N) is 1. The van der Waals surface area contributed by atoms with E-state index in [1.165, 1.54) is 0 Å². The van der Waals surface area contributed by atoms with Gasteiger partial charge in [0, 0.05) is 30.9 Å². The van der Waals surface area contributed by atoms with Crippen LogP contribution in [0.5, 0.6) is 17.2 Å². The van der Waals surface area contributed by atoms with Gasteiger partial charge in [-0.1, -0.05) is 78.9 Å². The third kappa shape index (κ3) is 12.5. The molecule has 0 aliphatic carbocycles. The van der Waals surface area contributed by atoms with Crippen LogP contribution >= 0.6 is 0 Å². The van der Waals surface area contributed by atoms with Crippen molar-refractivity contribution < 1.29 is 43.1 Å². The van der Waals surface area contributed by atoms with E-state index in [1.54, 1.807) is 12.0 Å². The second kappa shape index (κ2) is 21.4. The topological polar surface area (TPSA) is 125 Å². The average molecular weight is 727 g/mol. The Labute approximate surface area is 311 Å². The molecule has 11 heteroatoms. The highest BCUT2D eigenvalue weighted by atomic mass is 16.6. The van der Waals surface area contributed by atoms with Crippen LogP contribution in [0.25, 0.3) is 0 Å². The van der Waals surface area contributed by atoms with Gasteiger partial charge in [-0.2, -0.15) is 0 Å². The molecule has 1 fully saturated rings. The van der Waals surface area contributed by atoms with E-state index in [1.807, 2.05) is 91.0 Å². The minimum absolute atomic E-state index is 0.0444. The minimum Gasteiger partial charge on any atom is -0.496 e. The molecule has 282 valence electrons. The van der Waals surface area contributed by atoms with Crippen molar-refractivity contribution in [2.24, 2.45) is 0 Å². The molecule has 1 aliphatic rings. The molecule has 1 aliphatic heterocycles. The molecule has 4 aromatic rings. The first-order valence-corrected chi connectivity index (χ1v) is 18.1. The zero-order valence-electron chi connectivity index (χ0n) is 30.3. The van der Waals surface area contributed by atoms with Crippen molar-refractivity contribution in [1.82, 2.24) is 10.2 Å². The molecule has 11 nitrogen and oxygen atoms in total. The number of amides is 2. The summed E-state index contributed by atoms with van der Waals surface area (Å²) in [6.45, 7) is 2.90. The molecule has 1 heterocycles. The Balaban J connectivity index is 1.13. The van der Waals surface area contributed by atoms with Gasteiger partial charge in [0.05, 0.1) is 46.2 Å². The van der Waals surface area contributed by atoms with Crippen molar-refractivity contribution in [3.8, 4) is 17.2 Å². The maximum Gasteiger partial charge on any atom is 0.410 e. The molecule has 0 bridgehead atoms. The highest BCUT2D eigenvalue weighted by Crippen LogP contribution is 2.32. The highest BCUT2D eigenvalue weighted by Gasteiger charge is 2.34. The number of hydrogen-bond donors (Lipinski definition) is 2. The maximum absolute atomic E-state index is 13.1. The predicted molar refractivity (Wildman–Crippen MR) is 200 cm³/mol. The van der Waals surface area contributed by atoms with Crippen molar-refractivity contribution >= 4 is 12.0 Å². The van der Waals surface area contributed by atoms with Gasteiger partial charge in [0.15, 0.2) is 0 Å². The number of ether oxygens (including phenoxy) is 6. The van der Waals surface area contributed by atoms with E-state index in [9.17, 15) is 9.59 Å². The highest BCUT2D eigenvalue weighted by molar-refractivity contribution is 5.76. The second-order valence-corrected chi connectivity index (χ2v) is 12.6. The summed E-state index contributed by atoms with van der Waals surface area (Å²) < 4.78 is 35.4. The monoisotopic (exact) mass is 726 g/mol. The number of piperidine rings is 1. The lowest BCUT2D eigenvalue weighted by molar-refractivity contribution is -0.122. The van der Waals surface area contributed by atoms with Crippen LogP contribution in [-0.2, 0) is 38.6 Å². The van der Waals surface area contributed by atoms with Gasteiger partial charge in [-0.3, -0.25) is 4.79 Å². The molecule has 0 saturated carbocycles. The lowest BCUT2D eigenvalue weighted by Gasteiger charge is -2.38. The summed E-state index contributed by atoms with van der Waals surface area (Å²) in [5.74, 6) is 2.09. The van der Waals surface area contributed by atoms with Crippen LogP contribution in [-0.4, -0.2) is 81.5 Å². The molecule has 1 saturated heterocycles. The molecule has 2 atom stereocenters. The number of hydrogen-bond acceptors (Lipinski definition) is 9. The molecular weight excluding hydrogens is 676 g/mol. The molecule has 53 heavy (non-hydrogen) atoms. The third-order valence-electron chi connectivity index (χ3n) is 9.03. The quantitative estimate of drug-likeness (QED) is 0.0801. The van der Waals surface area contributed by atoms with Crippen molar-refractivity contribution in [1.29, 1.82) is 0 Å². The van der Waals surface area contributed by atoms with Crippen LogP contribution in [0.4, 0.5) is 4.79 Å². The molecule has 0 aromatic heterocycles. The minimum atomic E-state index is -0.390. The summed E-state index contributed by atoms with van der Waals surface area (Å²) >= 11 is 0. The normalized spacial score (nSPS) is 15.4. The van der Waals surface area contributed by atoms with Gasteiger partial charge in [0.25, 0.3) is 0 Å². The number of rotatable bonds is 20. The molecular formula is C42H50N2O9. The van der Waals surface area contributed by atoms with Crippen molar-refractivity contribution in [2.75, 3.05) is 53.4 Å². The first-order valence-electron chi connectivity index (χ1n) is 18.1. The molecule has 2 amide bonds. The third-order valence-corrected chi connectivity index (χ3v) is 9.03. The van der Waals surface area contributed by atoms with Crippen LogP contribution in [0, 0.1) is 0 Å². The van der Waals surface area contributed by atoms with Crippen LogP contribution in [0.2, 0.25) is 0 Å². The van der Waals surface area contributed by atoms with Crippen LogP contribution in [0.15, 0.2) is 103 Å². The fourth-order valence-electron chi connectivity index (χ4n) is 6.24. The number of carbonyl (C=O) groups excluding carboxylic acids is 2. The van der Waals surface area contributed by atoms with E-state index in [0.29, 0.717) is 58.1 Å². The number of methoxy groups -OCH3 is 1. The van der Waals surface area contributed by atoms with Crippen LogP contribution in [0.1, 0.15) is 47.4 Å². The summed E-state index contributed by atoms with van der Waals surface area (Å²) in [5.41, 5.74) is 3.94. The van der Waals surface area contributed by atoms with Crippen LogP contribution in [0.3, 0.4) is 0 Å². The summed E-state index contributed by atoms with van der Waals surface area (Å²) in [6, 6.07) is 33.1. The fourth-order valence-corrected chi connectivity index (χ4v) is 6.24. The average Bonchev–Trinajstić information content (AvgIpc) is 3.20. The number of benzene rings is 4. The zero-order chi connectivity index (χ0) is 37.1. The Morgan fingerprint density at radius 1 is 0.792 bits per heavy atom. The zero-order valence-corrected chi connectivity index (χ0v) is 30.3. The van der Waals surface area contributed by atoms with Crippen molar-refractivity contribution in [3.05, 3.63) is 125 Å². The van der Waals surface area contributed by atoms with Gasteiger partial charge in [-0.25, -0.2) is 4.79 Å². The Hall–Kier alpha value is -5.10. The van der Waals surface area contributed by atoms with Crippen molar-refractivity contribution in [3.63, 3.8) is 0 Å². The van der Waals surface area contributed by atoms with Gasteiger partial charge in [0.1, 0.15) is 37.2 Å². The molecule has 0 radical (unpaired) electrons. The smallest absolute Gasteiger partial charge is 0.410 e. The Kier molecular flexibility index (Phi) is 15.8. The maximum atomic E-state index is 13.1. The van der Waals surface area contributed by atoms with E-state index in [0.717, 1.165) is 40.2 Å². The molecule has 2 N–H and O–H groups in total. The number of nitrogens with one attached hydrogen (secondary N) is 1. The van der Waals surface area contributed by atoms with E-state index in [4.69, 9.17) is 33.5 Å². The number of para-hydroxylation sites is 2. The second-order valence-electron chi connectivity index (χ2n) is 12.6.